The lowest BCUT2D eigenvalue weighted by Crippen LogP contribution is -2.22. The van der Waals surface area contributed by atoms with Gasteiger partial charge in [-0.05, 0) is 31.2 Å². The quantitative estimate of drug-likeness (QED) is 0.812. The molecule has 0 atom stereocenters. The molecule has 0 fully saturated rings. The number of nitrogens with one attached hydrogen (secondary N) is 1. The number of hydrogen-bond acceptors (Lipinski definition) is 4. The summed E-state index contributed by atoms with van der Waals surface area (Å²) in [6.45, 7) is 0.502. The van der Waals surface area contributed by atoms with Gasteiger partial charge in [0.2, 0.25) is 0 Å². The fourth-order valence-corrected chi connectivity index (χ4v) is 3.89. The Labute approximate surface area is 109 Å². The van der Waals surface area contributed by atoms with Crippen LogP contribution in [0.25, 0.3) is 10.2 Å². The van der Waals surface area contributed by atoms with Crippen LogP contribution in [-0.4, -0.2) is 21.3 Å². The number of aliphatic hydroxyl groups excluding tert-OH is 1. The summed E-state index contributed by atoms with van der Waals surface area (Å²) >= 11 is 1.75. The lowest BCUT2D eigenvalue weighted by atomic mass is 10.1. The SMILES string of the molecule is N=c1c2c3c(sc2ncn1CCO)CCCCC3. The highest BCUT2D eigenvalue weighted by atomic mass is 32.1. The molecule has 2 heterocycles. The van der Waals surface area contributed by atoms with Crippen LogP contribution in [0.1, 0.15) is 29.7 Å². The number of aliphatic hydroxyl groups is 1. The number of nitrogens with zero attached hydrogens (tertiary/aromatic N) is 2. The molecule has 1 aliphatic carbocycles. The first-order valence-corrected chi connectivity index (χ1v) is 7.28. The Morgan fingerprint density at radius 2 is 2.17 bits per heavy atom. The van der Waals surface area contributed by atoms with Crippen LogP contribution in [0.15, 0.2) is 6.33 Å². The minimum Gasteiger partial charge on any atom is -0.395 e. The lowest BCUT2D eigenvalue weighted by Gasteiger charge is -2.05. The molecule has 2 N–H and O–H groups in total. The van der Waals surface area contributed by atoms with Crippen molar-refractivity contribution in [1.82, 2.24) is 9.55 Å². The average Bonchev–Trinajstić information content (AvgIpc) is 2.56. The van der Waals surface area contributed by atoms with Crippen LogP contribution < -0.4 is 5.49 Å². The van der Waals surface area contributed by atoms with Crippen molar-refractivity contribution in [3.05, 3.63) is 22.3 Å². The molecule has 2 aromatic rings. The molecule has 2 aromatic heterocycles. The Kier molecular flexibility index (Phi) is 3.18. The lowest BCUT2D eigenvalue weighted by molar-refractivity contribution is 0.273. The second kappa shape index (κ2) is 4.82. The van der Waals surface area contributed by atoms with Crippen LogP contribution in [0.4, 0.5) is 0 Å². The first-order chi connectivity index (χ1) is 8.81. The van der Waals surface area contributed by atoms with Crippen molar-refractivity contribution in [2.45, 2.75) is 38.6 Å². The monoisotopic (exact) mass is 263 g/mol. The smallest absolute Gasteiger partial charge is 0.136 e. The van der Waals surface area contributed by atoms with E-state index in [-0.39, 0.29) is 6.61 Å². The molecule has 0 spiro atoms. The predicted octanol–water partition coefficient (Wildman–Crippen LogP) is 1.84. The van der Waals surface area contributed by atoms with Gasteiger partial charge in [-0.15, -0.1) is 11.3 Å². The van der Waals surface area contributed by atoms with Gasteiger partial charge in [-0.25, -0.2) is 4.98 Å². The van der Waals surface area contributed by atoms with Crippen molar-refractivity contribution in [1.29, 1.82) is 5.41 Å². The highest BCUT2D eigenvalue weighted by Crippen LogP contribution is 2.32. The van der Waals surface area contributed by atoms with Crippen molar-refractivity contribution in [3.63, 3.8) is 0 Å². The third-order valence-corrected chi connectivity index (χ3v) is 4.78. The third-order valence-electron chi connectivity index (χ3n) is 3.58. The fraction of sp³-hybridized carbons (Fsp3) is 0.538. The molecule has 96 valence electrons. The zero-order valence-corrected chi connectivity index (χ0v) is 11.1. The van der Waals surface area contributed by atoms with Crippen LogP contribution in [0.3, 0.4) is 0 Å². The van der Waals surface area contributed by atoms with E-state index in [2.05, 4.69) is 4.98 Å². The van der Waals surface area contributed by atoms with E-state index in [1.165, 1.54) is 29.7 Å². The molecule has 5 heteroatoms. The molecule has 0 aromatic carbocycles. The van der Waals surface area contributed by atoms with Crippen LogP contribution in [-0.2, 0) is 19.4 Å². The largest absolute Gasteiger partial charge is 0.395 e. The van der Waals surface area contributed by atoms with E-state index in [0.29, 0.717) is 12.0 Å². The normalized spacial score (nSPS) is 15.6. The highest BCUT2D eigenvalue weighted by Gasteiger charge is 2.17. The van der Waals surface area contributed by atoms with E-state index in [1.807, 2.05) is 0 Å². The molecule has 0 aliphatic heterocycles. The van der Waals surface area contributed by atoms with Gasteiger partial charge in [0, 0.05) is 11.4 Å². The van der Waals surface area contributed by atoms with Crippen molar-refractivity contribution >= 4 is 21.6 Å². The first-order valence-electron chi connectivity index (χ1n) is 6.46. The minimum atomic E-state index is 0.0516. The van der Waals surface area contributed by atoms with E-state index < -0.39 is 0 Å². The Morgan fingerprint density at radius 3 is 3.00 bits per heavy atom. The van der Waals surface area contributed by atoms with Crippen molar-refractivity contribution in [2.75, 3.05) is 6.61 Å². The molecular weight excluding hydrogens is 246 g/mol. The van der Waals surface area contributed by atoms with Crippen LogP contribution in [0.5, 0.6) is 0 Å². The molecular formula is C13H17N3OS. The summed E-state index contributed by atoms with van der Waals surface area (Å²) in [5.41, 5.74) is 1.85. The fourth-order valence-electron chi connectivity index (χ4n) is 2.66. The zero-order chi connectivity index (χ0) is 12.5. The summed E-state index contributed by atoms with van der Waals surface area (Å²) in [5.74, 6) is 0. The minimum absolute atomic E-state index is 0.0516. The third kappa shape index (κ3) is 1.87. The van der Waals surface area contributed by atoms with Gasteiger partial charge in [-0.3, -0.25) is 5.41 Å². The number of thiophene rings is 1. The van der Waals surface area contributed by atoms with E-state index in [4.69, 9.17) is 10.5 Å². The van der Waals surface area contributed by atoms with Gasteiger partial charge in [-0.1, -0.05) is 6.42 Å². The molecule has 0 saturated heterocycles. The maximum absolute atomic E-state index is 9.02. The summed E-state index contributed by atoms with van der Waals surface area (Å²) in [7, 11) is 0. The maximum atomic E-state index is 9.02. The molecule has 4 nitrogen and oxygen atoms in total. The summed E-state index contributed by atoms with van der Waals surface area (Å²) in [5, 5.41) is 18.3. The topological polar surface area (TPSA) is 61.9 Å². The number of rotatable bonds is 2. The van der Waals surface area contributed by atoms with Gasteiger partial charge in [0.1, 0.15) is 10.3 Å². The Balaban J connectivity index is 2.23. The van der Waals surface area contributed by atoms with Gasteiger partial charge < -0.3 is 9.67 Å². The summed E-state index contributed by atoms with van der Waals surface area (Å²) in [6.07, 6.45) is 7.64. The zero-order valence-electron chi connectivity index (χ0n) is 10.3. The molecule has 1 aliphatic rings. The molecule has 18 heavy (non-hydrogen) atoms. The molecule has 0 saturated carbocycles. The van der Waals surface area contributed by atoms with E-state index in [1.54, 1.807) is 22.2 Å². The van der Waals surface area contributed by atoms with E-state index in [9.17, 15) is 0 Å². The summed E-state index contributed by atoms with van der Waals surface area (Å²) in [4.78, 5) is 6.86. The predicted molar refractivity (Wildman–Crippen MR) is 71.8 cm³/mol. The number of fused-ring (bicyclic) bond motifs is 3. The van der Waals surface area contributed by atoms with Crippen molar-refractivity contribution < 1.29 is 5.11 Å². The summed E-state index contributed by atoms with van der Waals surface area (Å²) in [6, 6.07) is 0. The van der Waals surface area contributed by atoms with Crippen LogP contribution >= 0.6 is 11.3 Å². The average molecular weight is 263 g/mol. The Bertz CT molecular complexity index is 629. The number of aryl methyl sites for hydroxylation is 2. The molecule has 0 radical (unpaired) electrons. The standard InChI is InChI=1S/C13H17N3OS/c14-12-11-9-4-2-1-3-5-10(9)18-13(11)15-8-16(12)6-7-17/h8,14,17H,1-7H2. The van der Waals surface area contributed by atoms with Gasteiger partial charge >= 0.3 is 0 Å². The Morgan fingerprint density at radius 1 is 1.33 bits per heavy atom. The van der Waals surface area contributed by atoms with Crippen molar-refractivity contribution in [3.8, 4) is 0 Å². The van der Waals surface area contributed by atoms with Gasteiger partial charge in [0.25, 0.3) is 0 Å². The second-order valence-electron chi connectivity index (χ2n) is 4.75. The molecule has 0 bridgehead atoms. The van der Waals surface area contributed by atoms with Crippen molar-refractivity contribution in [2.24, 2.45) is 0 Å². The Hall–Kier alpha value is -1.20. The highest BCUT2D eigenvalue weighted by molar-refractivity contribution is 7.18. The molecule has 3 rings (SSSR count). The first kappa shape index (κ1) is 11.9. The van der Waals surface area contributed by atoms with E-state index >= 15 is 0 Å². The van der Waals surface area contributed by atoms with Gasteiger partial charge in [-0.2, -0.15) is 0 Å². The van der Waals surface area contributed by atoms with Crippen LogP contribution in [0.2, 0.25) is 0 Å². The van der Waals surface area contributed by atoms with Crippen LogP contribution in [0, 0.1) is 5.41 Å². The van der Waals surface area contributed by atoms with Gasteiger partial charge in [0.15, 0.2) is 0 Å². The van der Waals surface area contributed by atoms with Gasteiger partial charge in [0.05, 0.1) is 18.3 Å². The number of hydrogen-bond donors (Lipinski definition) is 2. The maximum Gasteiger partial charge on any atom is 0.136 e. The van der Waals surface area contributed by atoms with E-state index in [0.717, 1.165) is 23.1 Å². The molecule has 0 amide bonds. The summed E-state index contributed by atoms with van der Waals surface area (Å²) < 4.78 is 1.74. The molecule has 0 unspecified atom stereocenters. The number of aromatic nitrogens is 2. The second-order valence-corrected chi connectivity index (χ2v) is 5.84.